The Hall–Kier alpha value is -1.65. The Bertz CT molecular complexity index is 470. The van der Waals surface area contributed by atoms with Gasteiger partial charge >= 0.3 is 0 Å². The van der Waals surface area contributed by atoms with Gasteiger partial charge in [0.05, 0.1) is 12.4 Å². The minimum atomic E-state index is -0.00537. The fourth-order valence-corrected chi connectivity index (χ4v) is 3.51. The molecule has 19 heavy (non-hydrogen) atoms. The van der Waals surface area contributed by atoms with E-state index in [4.69, 9.17) is 5.73 Å². The standard InChI is InChI=1S/C14H20N4O/c15-13-9-16-8-11(17-13)14(19)18-7-3-6-12(18)10-4-1-2-5-10/h8-10,12H,1-7H2,(H2,15,17). The third kappa shape index (κ3) is 2.41. The van der Waals surface area contributed by atoms with Crippen LogP contribution in [0.2, 0.25) is 0 Å². The molecule has 0 aromatic carbocycles. The molecule has 1 aromatic rings. The summed E-state index contributed by atoms with van der Waals surface area (Å²) in [5, 5.41) is 0. The van der Waals surface area contributed by atoms with E-state index in [1.54, 1.807) is 0 Å². The molecule has 2 heterocycles. The zero-order valence-electron chi connectivity index (χ0n) is 11.1. The number of anilines is 1. The van der Waals surface area contributed by atoms with Gasteiger partial charge in [-0.3, -0.25) is 9.78 Å². The van der Waals surface area contributed by atoms with Crippen molar-refractivity contribution < 1.29 is 4.79 Å². The van der Waals surface area contributed by atoms with Crippen LogP contribution in [0, 0.1) is 5.92 Å². The van der Waals surface area contributed by atoms with Crippen LogP contribution in [0.5, 0.6) is 0 Å². The molecule has 5 heteroatoms. The van der Waals surface area contributed by atoms with Crippen LogP contribution in [-0.4, -0.2) is 33.4 Å². The monoisotopic (exact) mass is 260 g/mol. The molecule has 1 amide bonds. The number of aromatic nitrogens is 2. The molecule has 1 aromatic heterocycles. The Kier molecular flexibility index (Phi) is 3.36. The topological polar surface area (TPSA) is 72.1 Å². The number of nitrogen functional groups attached to an aromatic ring is 1. The molecule has 5 nitrogen and oxygen atoms in total. The number of hydrogen-bond donors (Lipinski definition) is 1. The highest BCUT2D eigenvalue weighted by atomic mass is 16.2. The highest BCUT2D eigenvalue weighted by Crippen LogP contribution is 2.35. The Balaban J connectivity index is 1.78. The maximum atomic E-state index is 12.5. The normalized spacial score (nSPS) is 24.0. The number of hydrogen-bond acceptors (Lipinski definition) is 4. The van der Waals surface area contributed by atoms with Gasteiger partial charge in [0.25, 0.3) is 5.91 Å². The Morgan fingerprint density at radius 3 is 2.74 bits per heavy atom. The molecule has 102 valence electrons. The summed E-state index contributed by atoms with van der Waals surface area (Å²) in [6.07, 6.45) is 10.4. The molecule has 2 fully saturated rings. The molecule has 0 bridgehead atoms. The van der Waals surface area contributed by atoms with E-state index in [-0.39, 0.29) is 5.91 Å². The first-order chi connectivity index (χ1) is 9.25. The third-order valence-corrected chi connectivity index (χ3v) is 4.38. The van der Waals surface area contributed by atoms with Crippen molar-refractivity contribution in [3.63, 3.8) is 0 Å². The Morgan fingerprint density at radius 1 is 1.21 bits per heavy atom. The second-order valence-corrected chi connectivity index (χ2v) is 5.58. The van der Waals surface area contributed by atoms with Gasteiger partial charge in [-0.25, -0.2) is 4.98 Å². The van der Waals surface area contributed by atoms with E-state index in [9.17, 15) is 4.79 Å². The average molecular weight is 260 g/mol. The van der Waals surface area contributed by atoms with Gasteiger partial charge in [-0.2, -0.15) is 0 Å². The highest BCUT2D eigenvalue weighted by molar-refractivity contribution is 5.92. The number of amides is 1. The first-order valence-corrected chi connectivity index (χ1v) is 7.14. The number of nitrogens with zero attached hydrogens (tertiary/aromatic N) is 3. The number of likely N-dealkylation sites (tertiary alicyclic amines) is 1. The van der Waals surface area contributed by atoms with E-state index in [0.717, 1.165) is 19.4 Å². The lowest BCUT2D eigenvalue weighted by Gasteiger charge is -2.29. The molecular weight excluding hydrogens is 240 g/mol. The van der Waals surface area contributed by atoms with Gasteiger partial charge in [-0.1, -0.05) is 12.8 Å². The third-order valence-electron chi connectivity index (χ3n) is 4.38. The zero-order chi connectivity index (χ0) is 13.2. The van der Waals surface area contributed by atoms with Crippen LogP contribution in [0.3, 0.4) is 0 Å². The molecule has 0 spiro atoms. The van der Waals surface area contributed by atoms with Crippen LogP contribution in [0.4, 0.5) is 5.82 Å². The summed E-state index contributed by atoms with van der Waals surface area (Å²) in [5.41, 5.74) is 5.99. The molecule has 1 aliphatic heterocycles. The summed E-state index contributed by atoms with van der Waals surface area (Å²) in [6.45, 7) is 0.844. The van der Waals surface area contributed by atoms with Crippen LogP contribution in [0.1, 0.15) is 49.0 Å². The lowest BCUT2D eigenvalue weighted by molar-refractivity contribution is 0.0682. The second kappa shape index (κ2) is 5.15. The maximum Gasteiger partial charge on any atom is 0.274 e. The van der Waals surface area contributed by atoms with Gasteiger partial charge in [0.1, 0.15) is 11.5 Å². The summed E-state index contributed by atoms with van der Waals surface area (Å²) in [5.74, 6) is 0.983. The SMILES string of the molecule is Nc1cncc(C(=O)N2CCCC2C2CCCC2)n1. The van der Waals surface area contributed by atoms with E-state index in [1.807, 2.05) is 4.90 Å². The summed E-state index contributed by atoms with van der Waals surface area (Å²) in [7, 11) is 0. The molecule has 0 radical (unpaired) electrons. The van der Waals surface area contributed by atoms with Crippen molar-refractivity contribution in [3.05, 3.63) is 18.1 Å². The first kappa shape index (κ1) is 12.4. The quantitative estimate of drug-likeness (QED) is 0.881. The van der Waals surface area contributed by atoms with Crippen LogP contribution in [0.15, 0.2) is 12.4 Å². The minimum absolute atomic E-state index is 0.00537. The maximum absolute atomic E-state index is 12.5. The van der Waals surface area contributed by atoms with Crippen LogP contribution >= 0.6 is 0 Å². The van der Waals surface area contributed by atoms with Gasteiger partial charge in [0.2, 0.25) is 0 Å². The molecule has 1 saturated heterocycles. The smallest absolute Gasteiger partial charge is 0.274 e. The average Bonchev–Trinajstić information content (AvgIpc) is 3.08. The summed E-state index contributed by atoms with van der Waals surface area (Å²) < 4.78 is 0. The second-order valence-electron chi connectivity index (χ2n) is 5.58. The number of rotatable bonds is 2. The van der Waals surface area contributed by atoms with Crippen molar-refractivity contribution in [2.45, 2.75) is 44.6 Å². The highest BCUT2D eigenvalue weighted by Gasteiger charge is 2.36. The number of carbonyl (C=O) groups is 1. The predicted octanol–water partition coefficient (Wildman–Crippen LogP) is 1.85. The van der Waals surface area contributed by atoms with E-state index in [2.05, 4.69) is 9.97 Å². The summed E-state index contributed by atoms with van der Waals surface area (Å²) in [4.78, 5) is 22.6. The Labute approximate surface area is 113 Å². The molecule has 3 rings (SSSR count). The van der Waals surface area contributed by atoms with Gasteiger partial charge in [-0.15, -0.1) is 0 Å². The van der Waals surface area contributed by atoms with Gasteiger partial charge in [0.15, 0.2) is 0 Å². The van der Waals surface area contributed by atoms with E-state index in [1.165, 1.54) is 38.1 Å². The van der Waals surface area contributed by atoms with Crippen molar-refractivity contribution in [3.8, 4) is 0 Å². The summed E-state index contributed by atoms with van der Waals surface area (Å²) >= 11 is 0. The molecule has 2 aliphatic rings. The van der Waals surface area contributed by atoms with Crippen LogP contribution in [0.25, 0.3) is 0 Å². The van der Waals surface area contributed by atoms with E-state index >= 15 is 0 Å². The molecule has 1 unspecified atom stereocenters. The zero-order valence-corrected chi connectivity index (χ0v) is 11.1. The van der Waals surface area contributed by atoms with Crippen molar-refractivity contribution in [1.29, 1.82) is 0 Å². The minimum Gasteiger partial charge on any atom is -0.382 e. The number of carbonyl (C=O) groups excluding carboxylic acids is 1. The van der Waals surface area contributed by atoms with Gasteiger partial charge in [0, 0.05) is 12.6 Å². The van der Waals surface area contributed by atoms with Crippen molar-refractivity contribution in [1.82, 2.24) is 14.9 Å². The lowest BCUT2D eigenvalue weighted by Crippen LogP contribution is -2.39. The van der Waals surface area contributed by atoms with E-state index < -0.39 is 0 Å². The number of nitrogens with two attached hydrogens (primary N) is 1. The molecular formula is C14H20N4O. The van der Waals surface area contributed by atoms with Crippen molar-refractivity contribution in [2.75, 3.05) is 12.3 Å². The van der Waals surface area contributed by atoms with Crippen LogP contribution in [-0.2, 0) is 0 Å². The fraction of sp³-hybridized carbons (Fsp3) is 0.643. The fourth-order valence-electron chi connectivity index (χ4n) is 3.51. The van der Waals surface area contributed by atoms with Crippen molar-refractivity contribution >= 4 is 11.7 Å². The lowest BCUT2D eigenvalue weighted by atomic mass is 9.96. The largest absolute Gasteiger partial charge is 0.382 e. The molecule has 1 aliphatic carbocycles. The molecule has 1 saturated carbocycles. The Morgan fingerprint density at radius 2 is 2.00 bits per heavy atom. The first-order valence-electron chi connectivity index (χ1n) is 7.14. The molecule has 1 atom stereocenters. The van der Waals surface area contributed by atoms with Gasteiger partial charge in [-0.05, 0) is 31.6 Å². The van der Waals surface area contributed by atoms with Gasteiger partial charge < -0.3 is 10.6 Å². The predicted molar refractivity (Wildman–Crippen MR) is 72.5 cm³/mol. The van der Waals surface area contributed by atoms with Crippen molar-refractivity contribution in [2.24, 2.45) is 5.92 Å². The summed E-state index contributed by atoms with van der Waals surface area (Å²) in [6, 6.07) is 0.401. The molecule has 2 N–H and O–H groups in total. The van der Waals surface area contributed by atoms with Crippen LogP contribution < -0.4 is 5.73 Å². The van der Waals surface area contributed by atoms with E-state index in [0.29, 0.717) is 23.5 Å².